The minimum Gasteiger partial charge on any atom is -0.516 e. The van der Waals surface area contributed by atoms with Gasteiger partial charge in [-0.1, -0.05) is 32.9 Å². The molecule has 1 aromatic rings. The number of hydrogen-bond donors (Lipinski definition) is 2. The lowest BCUT2D eigenvalue weighted by Gasteiger charge is -2.14. The molecule has 0 heterocycles. The summed E-state index contributed by atoms with van der Waals surface area (Å²) in [4.78, 5) is 10.8. The van der Waals surface area contributed by atoms with Crippen LogP contribution in [0.5, 0.6) is 5.75 Å². The summed E-state index contributed by atoms with van der Waals surface area (Å²) in [6, 6.07) is 5.60. The number of aliphatic hydroxyl groups is 1. The van der Waals surface area contributed by atoms with Crippen LogP contribution in [-0.4, -0.2) is 29.4 Å². The molecule has 1 aromatic carbocycles. The van der Waals surface area contributed by atoms with Gasteiger partial charge in [0.05, 0.1) is 18.6 Å². The van der Waals surface area contributed by atoms with Crippen molar-refractivity contribution in [2.24, 2.45) is 5.92 Å². The number of benzene rings is 1. The number of hydrogen-bond acceptors (Lipinski definition) is 4. The Hall–Kier alpha value is -2.69. The van der Waals surface area contributed by atoms with Crippen LogP contribution >= 0.6 is 0 Å². The highest BCUT2D eigenvalue weighted by molar-refractivity contribution is 5.76. The fraction of sp³-hybridized carbons (Fsp3) is 0.409. The van der Waals surface area contributed by atoms with E-state index in [4.69, 9.17) is 14.6 Å². The number of carboxylic acid groups (broad SMARTS) is 1. The van der Waals surface area contributed by atoms with Gasteiger partial charge in [-0.3, -0.25) is 0 Å². The molecule has 0 unspecified atom stereocenters. The van der Waals surface area contributed by atoms with E-state index in [-0.39, 0.29) is 6.61 Å². The van der Waals surface area contributed by atoms with Gasteiger partial charge in [0.2, 0.25) is 0 Å². The molecule has 0 saturated heterocycles. The molecule has 0 fully saturated rings. The summed E-state index contributed by atoms with van der Waals surface area (Å²) < 4.78 is 11.0. The predicted octanol–water partition coefficient (Wildman–Crippen LogP) is 5.13. The molecule has 0 aliphatic carbocycles. The van der Waals surface area contributed by atoms with Gasteiger partial charge in [-0.05, 0) is 66.7 Å². The summed E-state index contributed by atoms with van der Waals surface area (Å²) in [5, 5.41) is 18.1. The smallest absolute Gasteiger partial charge is 0.341 e. The van der Waals surface area contributed by atoms with Gasteiger partial charge in [0.1, 0.15) is 5.75 Å². The minimum atomic E-state index is -1.01. The predicted molar refractivity (Wildman–Crippen MR) is 108 cm³/mol. The van der Waals surface area contributed by atoms with E-state index in [0.717, 1.165) is 41.6 Å². The lowest BCUT2D eigenvalue weighted by molar-refractivity contribution is -0.139. The number of rotatable bonds is 11. The van der Waals surface area contributed by atoms with Crippen LogP contribution in [0.4, 0.5) is 0 Å². The van der Waals surface area contributed by atoms with Crippen LogP contribution in [0.15, 0.2) is 48.4 Å². The summed E-state index contributed by atoms with van der Waals surface area (Å²) in [6.07, 6.45) is 8.04. The Morgan fingerprint density at radius 3 is 2.59 bits per heavy atom. The van der Waals surface area contributed by atoms with Crippen molar-refractivity contribution in [2.45, 2.75) is 40.5 Å². The van der Waals surface area contributed by atoms with Crippen molar-refractivity contribution >= 4 is 11.5 Å². The normalized spacial score (nSPS) is 12.6. The lowest BCUT2D eigenvalue weighted by atomic mass is 9.96. The number of carbonyl (C=O) groups is 1. The average molecular weight is 374 g/mol. The molecule has 0 bridgehead atoms. The Labute approximate surface area is 161 Å². The zero-order valence-electron chi connectivity index (χ0n) is 16.6. The second kappa shape index (κ2) is 11.8. The van der Waals surface area contributed by atoms with E-state index in [1.165, 1.54) is 0 Å². The third-order valence-electron chi connectivity index (χ3n) is 3.66. The largest absolute Gasteiger partial charge is 0.516 e. The van der Waals surface area contributed by atoms with E-state index >= 15 is 0 Å². The van der Waals surface area contributed by atoms with Gasteiger partial charge in [-0.2, -0.15) is 0 Å². The zero-order valence-corrected chi connectivity index (χ0v) is 16.6. The maximum absolute atomic E-state index is 10.8. The molecule has 148 valence electrons. The second-order valence-corrected chi connectivity index (χ2v) is 6.67. The number of allylic oxidation sites excluding steroid dienone is 5. The fourth-order valence-electron chi connectivity index (χ4n) is 2.49. The van der Waals surface area contributed by atoms with Crippen molar-refractivity contribution in [1.29, 1.82) is 0 Å². The first-order chi connectivity index (χ1) is 12.9. The van der Waals surface area contributed by atoms with E-state index in [2.05, 4.69) is 13.8 Å². The first kappa shape index (κ1) is 22.4. The van der Waals surface area contributed by atoms with Crippen molar-refractivity contribution in [2.75, 3.05) is 13.2 Å². The number of ether oxygens (including phenoxy) is 2. The molecule has 0 aromatic heterocycles. The van der Waals surface area contributed by atoms with E-state index in [1.807, 2.05) is 38.1 Å². The van der Waals surface area contributed by atoms with Crippen LogP contribution in [0.2, 0.25) is 0 Å². The van der Waals surface area contributed by atoms with Gasteiger partial charge < -0.3 is 19.7 Å². The van der Waals surface area contributed by atoms with Gasteiger partial charge in [0, 0.05) is 0 Å². The maximum atomic E-state index is 10.8. The van der Waals surface area contributed by atoms with Gasteiger partial charge in [0.25, 0.3) is 0 Å². The molecule has 0 aliphatic rings. The van der Waals surface area contributed by atoms with Crippen molar-refractivity contribution in [3.8, 4) is 5.75 Å². The summed E-state index contributed by atoms with van der Waals surface area (Å²) in [5.74, 6) is 0.744. The van der Waals surface area contributed by atoms with Crippen molar-refractivity contribution in [3.05, 3.63) is 59.6 Å². The first-order valence-corrected chi connectivity index (χ1v) is 9.17. The summed E-state index contributed by atoms with van der Waals surface area (Å²) >= 11 is 0. The van der Waals surface area contributed by atoms with E-state index in [9.17, 15) is 9.90 Å². The summed E-state index contributed by atoms with van der Waals surface area (Å²) in [6.45, 7) is 8.41. The Morgan fingerprint density at radius 2 is 2.00 bits per heavy atom. The maximum Gasteiger partial charge on any atom is 0.341 e. The van der Waals surface area contributed by atoms with Crippen LogP contribution in [-0.2, 0) is 16.0 Å². The van der Waals surface area contributed by atoms with Crippen LogP contribution in [0.3, 0.4) is 0 Å². The number of aliphatic hydroxyl groups excluding tert-OH is 1. The molecule has 0 atom stereocenters. The molecule has 0 amide bonds. The molecule has 5 heteroatoms. The summed E-state index contributed by atoms with van der Waals surface area (Å²) in [7, 11) is 0. The molecule has 27 heavy (non-hydrogen) atoms. The topological polar surface area (TPSA) is 76.0 Å². The average Bonchev–Trinajstić information content (AvgIpc) is 2.61. The van der Waals surface area contributed by atoms with E-state index in [0.29, 0.717) is 18.3 Å². The lowest BCUT2D eigenvalue weighted by Crippen LogP contribution is -2.11. The fourth-order valence-corrected chi connectivity index (χ4v) is 2.49. The molecule has 0 spiro atoms. The molecular weight excluding hydrogens is 344 g/mol. The highest BCUT2D eigenvalue weighted by Gasteiger charge is 2.10. The molecule has 5 nitrogen and oxygen atoms in total. The Balaban J connectivity index is 3.20. The van der Waals surface area contributed by atoms with Crippen molar-refractivity contribution in [3.63, 3.8) is 0 Å². The Bertz CT molecular complexity index is 699. The molecular formula is C22H30O5. The monoisotopic (exact) mass is 374 g/mol. The highest BCUT2D eigenvalue weighted by Crippen LogP contribution is 2.27. The number of carboxylic acids is 1. The van der Waals surface area contributed by atoms with Gasteiger partial charge in [-0.15, -0.1) is 0 Å². The van der Waals surface area contributed by atoms with E-state index < -0.39 is 5.97 Å². The standard InChI is InChI=1S/C22H30O5/c1-5-12-26-17(4)6-7-18(10-11-23)19-8-9-21(27-15-22(24)25)20(14-19)13-16(2)3/h6-11,14,16,23H,5,12-13,15H2,1-4H3,(H,24,25)/b11-10+,17-6+,18-7+. The van der Waals surface area contributed by atoms with Crippen LogP contribution < -0.4 is 4.74 Å². The Kier molecular flexibility index (Phi) is 9.80. The van der Waals surface area contributed by atoms with Gasteiger partial charge >= 0.3 is 5.97 Å². The number of aliphatic carboxylic acids is 1. The van der Waals surface area contributed by atoms with Crippen molar-refractivity contribution < 1.29 is 24.5 Å². The SMILES string of the molecule is CCCO/C(C)=C/C=C(\C=C\O)c1ccc(OCC(=O)O)c(CC(C)C)c1. The van der Waals surface area contributed by atoms with Gasteiger partial charge in [0.15, 0.2) is 6.61 Å². The third kappa shape index (κ3) is 8.49. The second-order valence-electron chi connectivity index (χ2n) is 6.67. The van der Waals surface area contributed by atoms with Crippen molar-refractivity contribution in [1.82, 2.24) is 0 Å². The van der Waals surface area contributed by atoms with Gasteiger partial charge in [-0.25, -0.2) is 4.79 Å². The summed E-state index contributed by atoms with van der Waals surface area (Å²) in [5.41, 5.74) is 2.65. The molecule has 0 saturated carbocycles. The van der Waals surface area contributed by atoms with Crippen LogP contribution in [0.1, 0.15) is 45.2 Å². The molecule has 1 rings (SSSR count). The molecule has 0 aliphatic heterocycles. The molecule has 0 radical (unpaired) electrons. The van der Waals surface area contributed by atoms with Crippen LogP contribution in [0.25, 0.3) is 5.57 Å². The minimum absolute atomic E-state index is 0.375. The highest BCUT2D eigenvalue weighted by atomic mass is 16.5. The van der Waals surface area contributed by atoms with E-state index in [1.54, 1.807) is 12.1 Å². The first-order valence-electron chi connectivity index (χ1n) is 9.17. The quantitative estimate of drug-likeness (QED) is 0.415. The molecule has 2 N–H and O–H groups in total. The zero-order chi connectivity index (χ0) is 20.2. The van der Waals surface area contributed by atoms with Crippen LogP contribution in [0, 0.1) is 5.92 Å². The Morgan fingerprint density at radius 1 is 1.26 bits per heavy atom. The third-order valence-corrected chi connectivity index (χ3v) is 3.66.